The lowest BCUT2D eigenvalue weighted by atomic mass is 9.88. The predicted molar refractivity (Wildman–Crippen MR) is 102 cm³/mol. The van der Waals surface area contributed by atoms with Crippen molar-refractivity contribution in [2.45, 2.75) is 63.7 Å². The summed E-state index contributed by atoms with van der Waals surface area (Å²) in [6.45, 7) is 4.56. The van der Waals surface area contributed by atoms with Gasteiger partial charge in [0.25, 0.3) is 0 Å². The van der Waals surface area contributed by atoms with E-state index in [-0.39, 0.29) is 0 Å². The van der Waals surface area contributed by atoms with Crippen molar-refractivity contribution in [3.05, 3.63) is 71.8 Å². The first-order chi connectivity index (χ1) is 11.7. The molecule has 24 heavy (non-hydrogen) atoms. The summed E-state index contributed by atoms with van der Waals surface area (Å²) < 4.78 is 0. The van der Waals surface area contributed by atoms with Crippen molar-refractivity contribution in [2.75, 3.05) is 0 Å². The Bertz CT molecular complexity index is 540. The molecule has 1 aliphatic rings. The molecule has 1 saturated carbocycles. The highest BCUT2D eigenvalue weighted by Crippen LogP contribution is 2.24. The van der Waals surface area contributed by atoms with Crippen LogP contribution in [0.3, 0.4) is 0 Å². The summed E-state index contributed by atoms with van der Waals surface area (Å²) in [6.07, 6.45) is 5.18. The molecule has 0 radical (unpaired) electrons. The van der Waals surface area contributed by atoms with Crippen LogP contribution < -0.4 is 10.6 Å². The summed E-state index contributed by atoms with van der Waals surface area (Å²) in [5, 5.41) is 7.76. The topological polar surface area (TPSA) is 24.1 Å². The van der Waals surface area contributed by atoms with Crippen molar-refractivity contribution in [3.63, 3.8) is 0 Å². The summed E-state index contributed by atoms with van der Waals surface area (Å²) in [5.41, 5.74) is 2.75. The number of hydrogen-bond acceptors (Lipinski definition) is 2. The van der Waals surface area contributed by atoms with Gasteiger partial charge in [0.05, 0.1) is 0 Å². The highest BCUT2D eigenvalue weighted by atomic mass is 15.1. The molecule has 0 bridgehead atoms. The minimum atomic E-state index is 0.394. The zero-order valence-corrected chi connectivity index (χ0v) is 14.9. The molecule has 0 saturated heterocycles. The lowest BCUT2D eigenvalue weighted by Gasteiger charge is -2.37. The summed E-state index contributed by atoms with van der Waals surface area (Å²) >= 11 is 0. The average molecular weight is 322 g/mol. The third kappa shape index (κ3) is 4.46. The van der Waals surface area contributed by atoms with Crippen molar-refractivity contribution >= 4 is 0 Å². The predicted octanol–water partition coefficient (Wildman–Crippen LogP) is 5.00. The molecule has 2 aromatic carbocycles. The minimum absolute atomic E-state index is 0.394. The Morgan fingerprint density at radius 1 is 0.667 bits per heavy atom. The number of hydrogen-bond donors (Lipinski definition) is 2. The van der Waals surface area contributed by atoms with Gasteiger partial charge < -0.3 is 10.6 Å². The van der Waals surface area contributed by atoms with E-state index in [0.717, 1.165) is 0 Å². The Hall–Kier alpha value is -1.64. The second-order valence-corrected chi connectivity index (χ2v) is 7.10. The fraction of sp³-hybridized carbons (Fsp3) is 0.455. The van der Waals surface area contributed by atoms with E-state index < -0.39 is 0 Å². The van der Waals surface area contributed by atoms with Crippen LogP contribution >= 0.6 is 0 Å². The molecule has 2 N–H and O–H groups in total. The first kappa shape index (κ1) is 17.2. The Morgan fingerprint density at radius 3 is 1.42 bits per heavy atom. The molecule has 4 atom stereocenters. The van der Waals surface area contributed by atoms with E-state index in [2.05, 4.69) is 85.1 Å². The molecule has 1 fully saturated rings. The Labute approximate surface area is 146 Å². The van der Waals surface area contributed by atoms with Crippen LogP contribution in [0.15, 0.2) is 60.7 Å². The molecule has 0 spiro atoms. The minimum Gasteiger partial charge on any atom is -0.306 e. The first-order valence-electron chi connectivity index (χ1n) is 9.36. The Balaban J connectivity index is 1.63. The largest absolute Gasteiger partial charge is 0.306 e. The normalized spacial score (nSPS) is 23.6. The molecule has 1 aliphatic carbocycles. The molecular weight excluding hydrogens is 292 g/mol. The quantitative estimate of drug-likeness (QED) is 0.782. The van der Waals surface area contributed by atoms with Gasteiger partial charge in [-0.1, -0.05) is 73.5 Å². The van der Waals surface area contributed by atoms with Gasteiger partial charge in [-0.15, -0.1) is 0 Å². The van der Waals surface area contributed by atoms with Crippen molar-refractivity contribution in [1.29, 1.82) is 0 Å². The van der Waals surface area contributed by atoms with Gasteiger partial charge in [0, 0.05) is 24.2 Å². The fourth-order valence-electron chi connectivity index (χ4n) is 3.85. The van der Waals surface area contributed by atoms with E-state index in [1.807, 2.05) is 0 Å². The monoisotopic (exact) mass is 322 g/mol. The summed E-state index contributed by atoms with van der Waals surface area (Å²) in [6, 6.07) is 23.4. The summed E-state index contributed by atoms with van der Waals surface area (Å²) in [4.78, 5) is 0. The van der Waals surface area contributed by atoms with Crippen LogP contribution in [0, 0.1) is 0 Å². The molecule has 0 aliphatic heterocycles. The molecule has 2 nitrogen and oxygen atoms in total. The van der Waals surface area contributed by atoms with Crippen LogP contribution in [0.1, 0.15) is 62.7 Å². The molecule has 3 rings (SSSR count). The van der Waals surface area contributed by atoms with E-state index in [9.17, 15) is 0 Å². The molecule has 0 heterocycles. The third-order valence-electron chi connectivity index (χ3n) is 5.29. The molecule has 0 aromatic heterocycles. The standard InChI is InChI=1S/C22H30N2/c1-17(19-11-5-3-6-12-19)23-21-15-9-10-16-22(21)24-18(2)20-13-7-4-8-14-20/h3-8,11-14,17-18,21-24H,9-10,15-16H2,1-2H3/t17-,18-,21-,22-/m1/s1. The van der Waals surface area contributed by atoms with E-state index in [1.165, 1.54) is 36.8 Å². The average Bonchev–Trinajstić information content (AvgIpc) is 2.64. The zero-order chi connectivity index (χ0) is 16.8. The van der Waals surface area contributed by atoms with Crippen LogP contribution in [-0.4, -0.2) is 12.1 Å². The van der Waals surface area contributed by atoms with Crippen LogP contribution in [0.25, 0.3) is 0 Å². The Morgan fingerprint density at radius 2 is 1.04 bits per heavy atom. The van der Waals surface area contributed by atoms with E-state index in [4.69, 9.17) is 0 Å². The van der Waals surface area contributed by atoms with Gasteiger partial charge in [-0.05, 0) is 37.8 Å². The molecule has 0 amide bonds. The summed E-state index contributed by atoms with van der Waals surface area (Å²) in [7, 11) is 0. The second-order valence-electron chi connectivity index (χ2n) is 7.10. The van der Waals surface area contributed by atoms with Gasteiger partial charge in [-0.2, -0.15) is 0 Å². The van der Waals surface area contributed by atoms with E-state index in [0.29, 0.717) is 24.2 Å². The molecular formula is C22H30N2. The van der Waals surface area contributed by atoms with Crippen molar-refractivity contribution in [2.24, 2.45) is 0 Å². The summed E-state index contributed by atoms with van der Waals surface area (Å²) in [5.74, 6) is 0. The van der Waals surface area contributed by atoms with Gasteiger partial charge >= 0.3 is 0 Å². The molecule has 128 valence electrons. The maximum Gasteiger partial charge on any atom is 0.0295 e. The van der Waals surface area contributed by atoms with Gasteiger partial charge in [-0.25, -0.2) is 0 Å². The van der Waals surface area contributed by atoms with Crippen molar-refractivity contribution < 1.29 is 0 Å². The fourth-order valence-corrected chi connectivity index (χ4v) is 3.85. The lowest BCUT2D eigenvalue weighted by molar-refractivity contribution is 0.253. The molecule has 2 heteroatoms. The van der Waals surface area contributed by atoms with E-state index >= 15 is 0 Å². The highest BCUT2D eigenvalue weighted by molar-refractivity contribution is 5.20. The highest BCUT2D eigenvalue weighted by Gasteiger charge is 2.27. The molecule has 0 unspecified atom stereocenters. The number of nitrogens with one attached hydrogen (secondary N) is 2. The van der Waals surface area contributed by atoms with Gasteiger partial charge in [0.2, 0.25) is 0 Å². The second kappa shape index (κ2) is 8.46. The van der Waals surface area contributed by atoms with Gasteiger partial charge in [-0.3, -0.25) is 0 Å². The smallest absolute Gasteiger partial charge is 0.0295 e. The number of benzene rings is 2. The number of rotatable bonds is 6. The molecule has 2 aromatic rings. The van der Waals surface area contributed by atoms with Gasteiger partial charge in [0.15, 0.2) is 0 Å². The Kier molecular flexibility index (Phi) is 6.06. The first-order valence-corrected chi connectivity index (χ1v) is 9.36. The zero-order valence-electron chi connectivity index (χ0n) is 14.9. The van der Waals surface area contributed by atoms with Crippen LogP contribution in [0.5, 0.6) is 0 Å². The van der Waals surface area contributed by atoms with Crippen LogP contribution in [0.4, 0.5) is 0 Å². The maximum absolute atomic E-state index is 3.88. The van der Waals surface area contributed by atoms with Crippen LogP contribution in [-0.2, 0) is 0 Å². The maximum atomic E-state index is 3.88. The third-order valence-corrected chi connectivity index (χ3v) is 5.29. The van der Waals surface area contributed by atoms with E-state index in [1.54, 1.807) is 0 Å². The lowest BCUT2D eigenvalue weighted by Crippen LogP contribution is -2.51. The van der Waals surface area contributed by atoms with Gasteiger partial charge in [0.1, 0.15) is 0 Å². The van der Waals surface area contributed by atoms with Crippen molar-refractivity contribution in [1.82, 2.24) is 10.6 Å². The van der Waals surface area contributed by atoms with Crippen LogP contribution in [0.2, 0.25) is 0 Å². The SMILES string of the molecule is C[C@@H](N[C@@H]1CCCC[C@H]1N[C@H](C)c1ccccc1)c1ccccc1. The van der Waals surface area contributed by atoms with Crippen molar-refractivity contribution in [3.8, 4) is 0 Å².